The monoisotopic (exact) mass is 192 g/mol. The SMILES string of the molecule is Cl.OCCN1CC2CCC(C1)N2. The number of rotatable bonds is 2. The highest BCUT2D eigenvalue weighted by atomic mass is 35.5. The van der Waals surface area contributed by atoms with E-state index < -0.39 is 0 Å². The first kappa shape index (κ1) is 10.3. The molecule has 0 saturated carbocycles. The zero-order valence-electron chi connectivity index (χ0n) is 7.20. The van der Waals surface area contributed by atoms with Crippen molar-refractivity contribution in [2.45, 2.75) is 24.9 Å². The van der Waals surface area contributed by atoms with Gasteiger partial charge in [0.25, 0.3) is 0 Å². The molecule has 3 nitrogen and oxygen atoms in total. The van der Waals surface area contributed by atoms with E-state index in [2.05, 4.69) is 10.2 Å². The molecule has 12 heavy (non-hydrogen) atoms. The summed E-state index contributed by atoms with van der Waals surface area (Å²) < 4.78 is 0. The minimum atomic E-state index is 0. The highest BCUT2D eigenvalue weighted by Crippen LogP contribution is 2.19. The molecule has 0 aromatic carbocycles. The third kappa shape index (κ3) is 2.10. The highest BCUT2D eigenvalue weighted by molar-refractivity contribution is 5.85. The van der Waals surface area contributed by atoms with Crippen molar-refractivity contribution in [1.82, 2.24) is 10.2 Å². The number of piperazine rings is 1. The summed E-state index contributed by atoms with van der Waals surface area (Å²) in [6, 6.07) is 1.42. The second-order valence-corrected chi connectivity index (χ2v) is 3.62. The fourth-order valence-electron chi connectivity index (χ4n) is 2.21. The van der Waals surface area contributed by atoms with Crippen LogP contribution in [0.3, 0.4) is 0 Å². The van der Waals surface area contributed by atoms with Crippen molar-refractivity contribution < 1.29 is 5.11 Å². The van der Waals surface area contributed by atoms with Crippen LogP contribution in [0.1, 0.15) is 12.8 Å². The number of nitrogens with zero attached hydrogens (tertiary/aromatic N) is 1. The van der Waals surface area contributed by atoms with Gasteiger partial charge in [0.2, 0.25) is 0 Å². The molecule has 2 aliphatic rings. The molecule has 72 valence electrons. The number of nitrogens with one attached hydrogen (secondary N) is 1. The van der Waals surface area contributed by atoms with Crippen molar-refractivity contribution in [2.24, 2.45) is 0 Å². The highest BCUT2D eigenvalue weighted by Gasteiger charge is 2.31. The first-order valence-corrected chi connectivity index (χ1v) is 4.48. The molecule has 4 heteroatoms. The summed E-state index contributed by atoms with van der Waals surface area (Å²) >= 11 is 0. The fraction of sp³-hybridized carbons (Fsp3) is 1.00. The lowest BCUT2D eigenvalue weighted by atomic mass is 10.2. The summed E-state index contributed by atoms with van der Waals surface area (Å²) in [7, 11) is 0. The summed E-state index contributed by atoms with van der Waals surface area (Å²) in [4.78, 5) is 2.36. The topological polar surface area (TPSA) is 35.5 Å². The molecule has 2 atom stereocenters. The quantitative estimate of drug-likeness (QED) is 0.638. The van der Waals surface area contributed by atoms with Crippen LogP contribution < -0.4 is 5.32 Å². The van der Waals surface area contributed by atoms with E-state index in [1.807, 2.05) is 0 Å². The second kappa shape index (κ2) is 4.42. The smallest absolute Gasteiger partial charge is 0.0558 e. The first-order valence-electron chi connectivity index (χ1n) is 4.48. The molecule has 2 saturated heterocycles. The Morgan fingerprint density at radius 1 is 1.25 bits per heavy atom. The van der Waals surface area contributed by atoms with E-state index in [-0.39, 0.29) is 12.4 Å². The summed E-state index contributed by atoms with van der Waals surface area (Å²) in [5, 5.41) is 12.3. The van der Waals surface area contributed by atoms with Gasteiger partial charge in [0, 0.05) is 31.7 Å². The zero-order chi connectivity index (χ0) is 7.68. The van der Waals surface area contributed by atoms with Crippen LogP contribution in [0.25, 0.3) is 0 Å². The lowest BCUT2D eigenvalue weighted by Gasteiger charge is -2.32. The van der Waals surface area contributed by atoms with Crippen LogP contribution in [-0.2, 0) is 0 Å². The van der Waals surface area contributed by atoms with Crippen LogP contribution >= 0.6 is 12.4 Å². The summed E-state index contributed by atoms with van der Waals surface area (Å²) in [6.45, 7) is 3.43. The van der Waals surface area contributed by atoms with E-state index in [9.17, 15) is 0 Å². The minimum absolute atomic E-state index is 0. The Labute approximate surface area is 79.5 Å². The Kier molecular flexibility index (Phi) is 3.77. The average molecular weight is 193 g/mol. The molecule has 2 heterocycles. The number of hydrogen-bond donors (Lipinski definition) is 2. The Morgan fingerprint density at radius 3 is 2.33 bits per heavy atom. The standard InChI is InChI=1S/C8H16N2O.ClH/c11-4-3-10-5-7-1-2-8(6-10)9-7;/h7-9,11H,1-6H2;1H. The maximum absolute atomic E-state index is 8.75. The van der Waals surface area contributed by atoms with Crippen molar-refractivity contribution in [3.63, 3.8) is 0 Å². The minimum Gasteiger partial charge on any atom is -0.395 e. The maximum atomic E-state index is 8.75. The summed E-state index contributed by atoms with van der Waals surface area (Å²) in [5.41, 5.74) is 0. The number of β-amino-alcohol motifs (C(OH)–C–C–N with tert-alkyl or cyclic N) is 1. The van der Waals surface area contributed by atoms with Gasteiger partial charge in [-0.1, -0.05) is 0 Å². The molecule has 2 aliphatic heterocycles. The van der Waals surface area contributed by atoms with E-state index in [0.29, 0.717) is 18.7 Å². The predicted molar refractivity (Wildman–Crippen MR) is 50.7 cm³/mol. The van der Waals surface area contributed by atoms with Crippen molar-refractivity contribution in [3.8, 4) is 0 Å². The van der Waals surface area contributed by atoms with Gasteiger partial charge in [-0.3, -0.25) is 4.90 Å². The van der Waals surface area contributed by atoms with Gasteiger partial charge in [0.15, 0.2) is 0 Å². The Balaban J connectivity index is 0.000000720. The molecule has 0 aromatic rings. The molecular formula is C8H17ClN2O. The third-order valence-corrected chi connectivity index (χ3v) is 2.71. The lowest BCUT2D eigenvalue weighted by molar-refractivity contribution is 0.154. The largest absolute Gasteiger partial charge is 0.395 e. The molecular weight excluding hydrogens is 176 g/mol. The van der Waals surface area contributed by atoms with Gasteiger partial charge in [-0.25, -0.2) is 0 Å². The number of likely N-dealkylation sites (tertiary alicyclic amines) is 1. The number of fused-ring (bicyclic) bond motifs is 2. The van der Waals surface area contributed by atoms with E-state index >= 15 is 0 Å². The van der Waals surface area contributed by atoms with Crippen LogP contribution in [0.4, 0.5) is 0 Å². The molecule has 0 aliphatic carbocycles. The normalized spacial score (nSPS) is 34.8. The van der Waals surface area contributed by atoms with E-state index in [0.717, 1.165) is 19.6 Å². The van der Waals surface area contributed by atoms with E-state index in [4.69, 9.17) is 5.11 Å². The lowest BCUT2D eigenvalue weighted by Crippen LogP contribution is -2.51. The molecule has 0 radical (unpaired) electrons. The predicted octanol–water partition coefficient (Wildman–Crippen LogP) is -0.163. The molecule has 2 N–H and O–H groups in total. The van der Waals surface area contributed by atoms with Gasteiger partial charge in [0.1, 0.15) is 0 Å². The van der Waals surface area contributed by atoms with Crippen LogP contribution in [-0.4, -0.2) is 48.3 Å². The number of aliphatic hydroxyl groups is 1. The van der Waals surface area contributed by atoms with Crippen molar-refractivity contribution >= 4 is 12.4 Å². The van der Waals surface area contributed by atoms with Crippen molar-refractivity contribution in [3.05, 3.63) is 0 Å². The van der Waals surface area contributed by atoms with Crippen LogP contribution in [0.2, 0.25) is 0 Å². The van der Waals surface area contributed by atoms with Crippen LogP contribution in [0, 0.1) is 0 Å². The van der Waals surface area contributed by atoms with Gasteiger partial charge in [-0.15, -0.1) is 12.4 Å². The first-order chi connectivity index (χ1) is 5.38. The molecule has 0 aromatic heterocycles. The van der Waals surface area contributed by atoms with E-state index in [1.165, 1.54) is 12.8 Å². The van der Waals surface area contributed by atoms with E-state index in [1.54, 1.807) is 0 Å². The molecule has 2 bridgehead atoms. The Morgan fingerprint density at radius 2 is 1.83 bits per heavy atom. The summed E-state index contributed by atoms with van der Waals surface area (Å²) in [5.74, 6) is 0. The molecule has 2 fully saturated rings. The molecule has 0 amide bonds. The van der Waals surface area contributed by atoms with Crippen molar-refractivity contribution in [2.75, 3.05) is 26.2 Å². The van der Waals surface area contributed by atoms with Gasteiger partial charge in [-0.05, 0) is 12.8 Å². The maximum Gasteiger partial charge on any atom is 0.0558 e. The average Bonchev–Trinajstić information content (AvgIpc) is 2.32. The van der Waals surface area contributed by atoms with Gasteiger partial charge in [-0.2, -0.15) is 0 Å². The van der Waals surface area contributed by atoms with Gasteiger partial charge < -0.3 is 10.4 Å². The number of halogens is 1. The fourth-order valence-corrected chi connectivity index (χ4v) is 2.21. The Hall–Kier alpha value is 0.170. The second-order valence-electron chi connectivity index (χ2n) is 3.62. The van der Waals surface area contributed by atoms with Crippen molar-refractivity contribution in [1.29, 1.82) is 0 Å². The third-order valence-electron chi connectivity index (χ3n) is 2.71. The van der Waals surface area contributed by atoms with Crippen LogP contribution in [0.5, 0.6) is 0 Å². The van der Waals surface area contributed by atoms with Gasteiger partial charge >= 0.3 is 0 Å². The summed E-state index contributed by atoms with van der Waals surface area (Å²) in [6.07, 6.45) is 2.65. The Bertz CT molecular complexity index is 133. The van der Waals surface area contributed by atoms with Gasteiger partial charge in [0.05, 0.1) is 6.61 Å². The molecule has 2 unspecified atom stereocenters. The number of hydrogen-bond acceptors (Lipinski definition) is 3. The van der Waals surface area contributed by atoms with Crippen LogP contribution in [0.15, 0.2) is 0 Å². The molecule has 2 rings (SSSR count). The molecule has 0 spiro atoms. The zero-order valence-corrected chi connectivity index (χ0v) is 8.02. The number of aliphatic hydroxyl groups excluding tert-OH is 1.